The minimum absolute atomic E-state index is 0.0336. The molecule has 1 unspecified atom stereocenters. The second kappa shape index (κ2) is 6.30. The summed E-state index contributed by atoms with van der Waals surface area (Å²) >= 11 is 0. The van der Waals surface area contributed by atoms with E-state index >= 15 is 0 Å². The Kier molecular flexibility index (Phi) is 4.21. The number of hydrogen-bond acceptors (Lipinski definition) is 3. The minimum Gasteiger partial charge on any atom is -0.245 e. The van der Waals surface area contributed by atoms with Crippen molar-refractivity contribution in [3.63, 3.8) is 0 Å². The van der Waals surface area contributed by atoms with Gasteiger partial charge < -0.3 is 0 Å². The van der Waals surface area contributed by atoms with Crippen LogP contribution in [0.15, 0.2) is 65.4 Å². The summed E-state index contributed by atoms with van der Waals surface area (Å²) in [4.78, 5) is 21.6. The van der Waals surface area contributed by atoms with Gasteiger partial charge in [0, 0.05) is 25.7 Å². The Morgan fingerprint density at radius 3 is 2.70 bits per heavy atom. The number of carbonyl (C=O) groups is 1. The lowest BCUT2D eigenvalue weighted by Crippen LogP contribution is -2.51. The predicted molar refractivity (Wildman–Crippen MR) is 89.8 cm³/mol. The maximum Gasteiger partial charge on any atom is 0.439 e. The zero-order chi connectivity index (χ0) is 16.3. The molecule has 0 bridgehead atoms. The largest absolute Gasteiger partial charge is 0.439 e. The van der Waals surface area contributed by atoms with Crippen molar-refractivity contribution in [2.24, 2.45) is 4.99 Å². The van der Waals surface area contributed by atoms with Gasteiger partial charge in [-0.1, -0.05) is 37.3 Å². The number of aromatic nitrogens is 2. The molecule has 0 spiro atoms. The second-order valence-electron chi connectivity index (χ2n) is 5.78. The van der Waals surface area contributed by atoms with Gasteiger partial charge in [-0.2, -0.15) is 4.48 Å². The zero-order valence-corrected chi connectivity index (χ0v) is 13.5. The first-order valence-corrected chi connectivity index (χ1v) is 7.87. The summed E-state index contributed by atoms with van der Waals surface area (Å²) in [6, 6.07) is 10.2. The van der Waals surface area contributed by atoms with Gasteiger partial charge in [-0.05, 0) is 12.0 Å². The van der Waals surface area contributed by atoms with Crippen molar-refractivity contribution < 1.29 is 9.28 Å². The first-order chi connectivity index (χ1) is 11.2. The quantitative estimate of drug-likeness (QED) is 0.810. The summed E-state index contributed by atoms with van der Waals surface area (Å²) in [5.74, 6) is 0. The molecular formula is C18H21N4O+. The fraction of sp³-hybridized carbons (Fsp3) is 0.278. The van der Waals surface area contributed by atoms with Crippen LogP contribution in [0.5, 0.6) is 0 Å². The standard InChI is InChI=1S/C18H21N4O/c1-3-11-22(18(23)21-10-9-19-13-21)14-20-17(15(22)2)12-16-7-5-4-6-8-16/h4-10,13-14H,3,11-12H2,1-2H3/q+1. The third-order valence-electron chi connectivity index (χ3n) is 4.28. The maximum atomic E-state index is 13.0. The van der Waals surface area contributed by atoms with Crippen LogP contribution in [0.25, 0.3) is 0 Å². The molecule has 0 N–H and O–H groups in total. The number of benzene rings is 1. The Hall–Kier alpha value is -2.53. The van der Waals surface area contributed by atoms with Crippen LogP contribution in [0.2, 0.25) is 0 Å². The van der Waals surface area contributed by atoms with E-state index in [0.29, 0.717) is 6.54 Å². The van der Waals surface area contributed by atoms with Crippen molar-refractivity contribution in [2.45, 2.75) is 26.7 Å². The van der Waals surface area contributed by atoms with Crippen molar-refractivity contribution in [1.82, 2.24) is 9.55 Å². The molecule has 2 heterocycles. The van der Waals surface area contributed by atoms with Crippen LogP contribution in [-0.4, -0.2) is 32.9 Å². The molecule has 2 aromatic rings. The molecule has 118 valence electrons. The topological polar surface area (TPSA) is 47.2 Å². The van der Waals surface area contributed by atoms with Gasteiger partial charge in [0.25, 0.3) is 0 Å². The van der Waals surface area contributed by atoms with Crippen molar-refractivity contribution >= 4 is 12.4 Å². The Balaban J connectivity index is 1.95. The van der Waals surface area contributed by atoms with Gasteiger partial charge in [0.05, 0.1) is 6.54 Å². The highest BCUT2D eigenvalue weighted by Crippen LogP contribution is 2.29. The second-order valence-corrected chi connectivity index (χ2v) is 5.78. The molecule has 3 rings (SSSR count). The van der Waals surface area contributed by atoms with Gasteiger partial charge >= 0.3 is 6.03 Å². The van der Waals surface area contributed by atoms with E-state index in [0.717, 1.165) is 24.2 Å². The monoisotopic (exact) mass is 309 g/mol. The molecule has 0 saturated carbocycles. The third-order valence-corrected chi connectivity index (χ3v) is 4.28. The molecule has 1 aromatic carbocycles. The van der Waals surface area contributed by atoms with E-state index in [1.807, 2.05) is 25.1 Å². The molecule has 0 aliphatic carbocycles. The van der Waals surface area contributed by atoms with Gasteiger partial charge in [0.1, 0.15) is 17.7 Å². The van der Waals surface area contributed by atoms with E-state index in [9.17, 15) is 4.79 Å². The smallest absolute Gasteiger partial charge is 0.245 e. The Labute approximate surface area is 136 Å². The minimum atomic E-state index is -0.0336. The van der Waals surface area contributed by atoms with Crippen molar-refractivity contribution in [1.29, 1.82) is 0 Å². The van der Waals surface area contributed by atoms with Crippen LogP contribution in [-0.2, 0) is 6.42 Å². The molecular weight excluding hydrogens is 288 g/mol. The summed E-state index contributed by atoms with van der Waals surface area (Å²) in [6.45, 7) is 4.79. The van der Waals surface area contributed by atoms with Crippen molar-refractivity contribution in [3.8, 4) is 0 Å². The summed E-state index contributed by atoms with van der Waals surface area (Å²) in [5, 5.41) is 0. The molecule has 1 aliphatic heterocycles. The molecule has 5 nitrogen and oxygen atoms in total. The molecule has 5 heteroatoms. The number of quaternary nitrogens is 1. The fourth-order valence-electron chi connectivity index (χ4n) is 2.99. The molecule has 0 saturated heterocycles. The average molecular weight is 309 g/mol. The number of nitrogens with zero attached hydrogens (tertiary/aromatic N) is 4. The lowest BCUT2D eigenvalue weighted by Gasteiger charge is -2.27. The van der Waals surface area contributed by atoms with Crippen molar-refractivity contribution in [3.05, 3.63) is 66.0 Å². The first-order valence-electron chi connectivity index (χ1n) is 7.87. The summed E-state index contributed by atoms with van der Waals surface area (Å²) < 4.78 is 1.69. The number of rotatable bonds is 4. The SMILES string of the molecule is CCC[N+]1(C(=O)n2ccnc2)C=NC(Cc2ccccc2)=C1C. The van der Waals surface area contributed by atoms with Crippen LogP contribution in [0.4, 0.5) is 4.79 Å². The number of carbonyl (C=O) groups excluding carboxylic acids is 1. The highest BCUT2D eigenvalue weighted by Gasteiger charge is 2.43. The summed E-state index contributed by atoms with van der Waals surface area (Å²) in [7, 11) is 0. The lowest BCUT2D eigenvalue weighted by molar-refractivity contribution is -0.707. The Bertz CT molecular complexity index is 747. The summed E-state index contributed by atoms with van der Waals surface area (Å²) in [6.07, 6.45) is 8.27. The van der Waals surface area contributed by atoms with Crippen LogP contribution < -0.4 is 0 Å². The van der Waals surface area contributed by atoms with E-state index in [4.69, 9.17) is 0 Å². The highest BCUT2D eigenvalue weighted by molar-refractivity contribution is 5.80. The third kappa shape index (κ3) is 2.75. The molecule has 0 radical (unpaired) electrons. The van der Waals surface area contributed by atoms with Crippen LogP contribution >= 0.6 is 0 Å². The zero-order valence-electron chi connectivity index (χ0n) is 13.5. The van der Waals surface area contributed by atoms with Gasteiger partial charge in [-0.15, -0.1) is 0 Å². The molecule has 1 aliphatic rings. The molecule has 1 aromatic heterocycles. The van der Waals surface area contributed by atoms with Crippen molar-refractivity contribution in [2.75, 3.05) is 6.54 Å². The Morgan fingerprint density at radius 1 is 1.26 bits per heavy atom. The molecule has 0 fully saturated rings. The average Bonchev–Trinajstić information content (AvgIpc) is 3.20. The Morgan fingerprint density at radius 2 is 2.04 bits per heavy atom. The first kappa shape index (κ1) is 15.4. The van der Waals surface area contributed by atoms with E-state index in [1.54, 1.807) is 25.1 Å². The van der Waals surface area contributed by atoms with E-state index in [2.05, 4.69) is 29.0 Å². The number of aliphatic imine (C=N–C) groups is 1. The lowest BCUT2D eigenvalue weighted by atomic mass is 10.1. The normalized spacial score (nSPS) is 20.3. The maximum absolute atomic E-state index is 13.0. The van der Waals surface area contributed by atoms with E-state index < -0.39 is 0 Å². The highest BCUT2D eigenvalue weighted by atomic mass is 16.2. The number of imidazole rings is 1. The van der Waals surface area contributed by atoms with Gasteiger partial charge in [0.15, 0.2) is 0 Å². The van der Waals surface area contributed by atoms with Gasteiger partial charge in [-0.25, -0.2) is 19.3 Å². The van der Waals surface area contributed by atoms with Crippen LogP contribution in [0.1, 0.15) is 25.8 Å². The van der Waals surface area contributed by atoms with E-state index in [1.165, 1.54) is 10.1 Å². The molecule has 1 amide bonds. The number of amides is 1. The van der Waals surface area contributed by atoms with Crippen LogP contribution in [0, 0.1) is 0 Å². The van der Waals surface area contributed by atoms with Gasteiger partial charge in [-0.3, -0.25) is 0 Å². The fourth-order valence-corrected chi connectivity index (χ4v) is 2.99. The molecule has 23 heavy (non-hydrogen) atoms. The van der Waals surface area contributed by atoms with Crippen LogP contribution in [0.3, 0.4) is 0 Å². The number of hydrogen-bond donors (Lipinski definition) is 0. The predicted octanol–water partition coefficient (Wildman–Crippen LogP) is 3.59. The van der Waals surface area contributed by atoms with E-state index in [-0.39, 0.29) is 10.5 Å². The molecule has 1 atom stereocenters. The van der Waals surface area contributed by atoms with Gasteiger partial charge in [0.2, 0.25) is 6.34 Å². The summed E-state index contributed by atoms with van der Waals surface area (Å²) in [5.41, 5.74) is 3.16. The number of allylic oxidation sites excluding steroid dienone is 2.